The van der Waals surface area contributed by atoms with Gasteiger partial charge in [0, 0.05) is 22.9 Å². The molecule has 0 amide bonds. The average molecular weight is 477 g/mol. The molecule has 8 nitrogen and oxygen atoms in total. The molecule has 0 bridgehead atoms. The number of furan rings is 1. The maximum Gasteiger partial charge on any atom is 0.161 e. The fourth-order valence-corrected chi connectivity index (χ4v) is 5.02. The maximum absolute atomic E-state index is 6.23. The number of benzene rings is 1. The Hall–Kier alpha value is -4.46. The molecule has 5 heterocycles. The van der Waals surface area contributed by atoms with Crippen molar-refractivity contribution in [1.29, 1.82) is 0 Å². The molecule has 0 unspecified atom stereocenters. The number of fused-ring (bicyclic) bond motifs is 2. The van der Waals surface area contributed by atoms with Crippen LogP contribution in [0.5, 0.6) is 5.75 Å². The molecule has 1 aliphatic carbocycles. The SMILES string of the molecule is c1cc(-c2ccoc2)c2nc(-c3n[nH]c4ccc(-c5cncc(OC6CCCCC6)c5)nc34)[nH]c2c1. The number of rotatable bonds is 5. The van der Waals surface area contributed by atoms with Gasteiger partial charge in [-0.2, -0.15) is 5.10 Å². The average Bonchev–Trinajstić information content (AvgIpc) is 3.68. The molecule has 0 saturated heterocycles. The van der Waals surface area contributed by atoms with Gasteiger partial charge < -0.3 is 14.1 Å². The summed E-state index contributed by atoms with van der Waals surface area (Å²) < 4.78 is 11.5. The summed E-state index contributed by atoms with van der Waals surface area (Å²) in [6.07, 6.45) is 13.2. The summed E-state index contributed by atoms with van der Waals surface area (Å²) in [5, 5.41) is 7.63. The lowest BCUT2D eigenvalue weighted by Gasteiger charge is -2.22. The molecule has 0 atom stereocenters. The normalized spacial score (nSPS) is 14.6. The van der Waals surface area contributed by atoms with E-state index >= 15 is 0 Å². The van der Waals surface area contributed by atoms with Crippen LogP contribution in [0.2, 0.25) is 0 Å². The standard InChI is InChI=1S/C28H24N6O2/c1-2-5-19(6-3-1)36-20-13-18(14-29-15-20)22-9-10-24-26(30-22)27(34-33-24)28-31-23-8-4-7-21(25(23)32-28)17-11-12-35-16-17/h4,7-16,19H,1-3,5-6H2,(H,31,32)(H,33,34). The van der Waals surface area contributed by atoms with Crippen LogP contribution in [-0.2, 0) is 0 Å². The molecule has 5 aromatic heterocycles. The van der Waals surface area contributed by atoms with Gasteiger partial charge in [0.15, 0.2) is 11.5 Å². The predicted octanol–water partition coefficient (Wildman–Crippen LogP) is 6.53. The lowest BCUT2D eigenvalue weighted by Crippen LogP contribution is -2.19. The first-order chi connectivity index (χ1) is 17.8. The van der Waals surface area contributed by atoms with Crippen molar-refractivity contribution in [2.24, 2.45) is 0 Å². The van der Waals surface area contributed by atoms with Gasteiger partial charge in [-0.1, -0.05) is 18.6 Å². The molecule has 0 aliphatic heterocycles. The Morgan fingerprint density at radius 1 is 0.889 bits per heavy atom. The Morgan fingerprint density at radius 2 is 1.83 bits per heavy atom. The van der Waals surface area contributed by atoms with Crippen LogP contribution in [0.4, 0.5) is 0 Å². The summed E-state index contributed by atoms with van der Waals surface area (Å²) in [6.45, 7) is 0. The number of pyridine rings is 2. The van der Waals surface area contributed by atoms with Gasteiger partial charge >= 0.3 is 0 Å². The van der Waals surface area contributed by atoms with Crippen molar-refractivity contribution in [2.45, 2.75) is 38.2 Å². The first-order valence-corrected chi connectivity index (χ1v) is 12.3. The van der Waals surface area contributed by atoms with Crippen molar-refractivity contribution in [1.82, 2.24) is 30.1 Å². The number of imidazole rings is 1. The highest BCUT2D eigenvalue weighted by molar-refractivity contribution is 5.96. The summed E-state index contributed by atoms with van der Waals surface area (Å²) >= 11 is 0. The van der Waals surface area contributed by atoms with Crippen LogP contribution in [0.15, 0.2) is 71.8 Å². The van der Waals surface area contributed by atoms with Crippen molar-refractivity contribution in [2.75, 3.05) is 0 Å². The third-order valence-corrected chi connectivity index (χ3v) is 6.84. The van der Waals surface area contributed by atoms with Crippen molar-refractivity contribution in [3.05, 3.63) is 67.4 Å². The van der Waals surface area contributed by atoms with Gasteiger partial charge in [-0.05, 0) is 56.0 Å². The Balaban J connectivity index is 1.26. The molecule has 8 heteroatoms. The monoisotopic (exact) mass is 476 g/mol. The summed E-state index contributed by atoms with van der Waals surface area (Å²) in [5.74, 6) is 1.45. The fourth-order valence-electron chi connectivity index (χ4n) is 5.02. The van der Waals surface area contributed by atoms with Gasteiger partial charge in [0.05, 0.1) is 47.1 Å². The van der Waals surface area contributed by atoms with Crippen LogP contribution >= 0.6 is 0 Å². The quantitative estimate of drug-likeness (QED) is 0.293. The summed E-state index contributed by atoms with van der Waals surface area (Å²) in [4.78, 5) is 17.7. The molecule has 6 aromatic rings. The van der Waals surface area contributed by atoms with E-state index in [9.17, 15) is 0 Å². The van der Waals surface area contributed by atoms with Crippen LogP contribution in [-0.4, -0.2) is 36.2 Å². The molecule has 2 N–H and O–H groups in total. The second kappa shape index (κ2) is 8.64. The number of aromatic nitrogens is 6. The zero-order valence-electron chi connectivity index (χ0n) is 19.6. The van der Waals surface area contributed by atoms with E-state index in [1.807, 2.05) is 48.7 Å². The molecule has 36 heavy (non-hydrogen) atoms. The largest absolute Gasteiger partial charge is 0.489 e. The summed E-state index contributed by atoms with van der Waals surface area (Å²) in [7, 11) is 0. The van der Waals surface area contributed by atoms with Crippen LogP contribution in [0.25, 0.3) is 56.0 Å². The molecule has 178 valence electrons. The van der Waals surface area contributed by atoms with Crippen molar-refractivity contribution in [3.8, 4) is 39.7 Å². The van der Waals surface area contributed by atoms with E-state index in [-0.39, 0.29) is 6.10 Å². The van der Waals surface area contributed by atoms with E-state index in [2.05, 4.69) is 20.2 Å². The number of nitrogens with zero attached hydrogens (tertiary/aromatic N) is 4. The van der Waals surface area contributed by atoms with Gasteiger partial charge in [0.25, 0.3) is 0 Å². The minimum absolute atomic E-state index is 0.270. The van der Waals surface area contributed by atoms with Crippen LogP contribution in [0, 0.1) is 0 Å². The smallest absolute Gasteiger partial charge is 0.161 e. The first kappa shape index (κ1) is 20.9. The molecule has 0 radical (unpaired) electrons. The topological polar surface area (TPSA) is 106 Å². The van der Waals surface area contributed by atoms with Gasteiger partial charge in [0.1, 0.15) is 11.3 Å². The van der Waals surface area contributed by atoms with E-state index in [1.54, 1.807) is 18.7 Å². The third kappa shape index (κ3) is 3.71. The molecular weight excluding hydrogens is 452 g/mol. The Labute approximate surface area is 206 Å². The lowest BCUT2D eigenvalue weighted by molar-refractivity contribution is 0.154. The molecular formula is C28H24N6O2. The molecule has 7 rings (SSSR count). The van der Waals surface area contributed by atoms with Crippen LogP contribution < -0.4 is 4.74 Å². The zero-order chi connectivity index (χ0) is 23.9. The predicted molar refractivity (Wildman–Crippen MR) is 137 cm³/mol. The van der Waals surface area contributed by atoms with Crippen LogP contribution in [0.1, 0.15) is 32.1 Å². The fraction of sp³-hybridized carbons (Fsp3) is 0.214. The number of hydrogen-bond donors (Lipinski definition) is 2. The Kier molecular flexibility index (Phi) is 5.01. The summed E-state index contributed by atoms with van der Waals surface area (Å²) in [6, 6.07) is 14.0. The highest BCUT2D eigenvalue weighted by Crippen LogP contribution is 2.32. The summed E-state index contributed by atoms with van der Waals surface area (Å²) in [5.41, 5.74) is 7.73. The second-order valence-corrected chi connectivity index (χ2v) is 9.25. The third-order valence-electron chi connectivity index (χ3n) is 6.84. The number of hydrogen-bond acceptors (Lipinski definition) is 6. The molecule has 1 aliphatic rings. The minimum atomic E-state index is 0.270. The molecule has 1 fully saturated rings. The van der Waals surface area contributed by atoms with Gasteiger partial charge in [-0.15, -0.1) is 0 Å². The molecule has 1 saturated carbocycles. The highest BCUT2D eigenvalue weighted by atomic mass is 16.5. The number of H-pyrrole nitrogens is 2. The van der Waals surface area contributed by atoms with Crippen molar-refractivity contribution < 1.29 is 9.15 Å². The van der Waals surface area contributed by atoms with E-state index in [1.165, 1.54) is 19.3 Å². The Morgan fingerprint density at radius 3 is 2.72 bits per heavy atom. The van der Waals surface area contributed by atoms with Gasteiger partial charge in [-0.25, -0.2) is 9.97 Å². The number of ether oxygens (including phenoxy) is 1. The number of para-hydroxylation sites is 1. The van der Waals surface area contributed by atoms with E-state index < -0.39 is 0 Å². The van der Waals surface area contributed by atoms with Crippen molar-refractivity contribution in [3.63, 3.8) is 0 Å². The second-order valence-electron chi connectivity index (χ2n) is 9.25. The minimum Gasteiger partial charge on any atom is -0.489 e. The van der Waals surface area contributed by atoms with E-state index in [0.717, 1.165) is 63.0 Å². The lowest BCUT2D eigenvalue weighted by atomic mass is 9.98. The van der Waals surface area contributed by atoms with E-state index in [0.29, 0.717) is 11.5 Å². The number of nitrogens with one attached hydrogen (secondary N) is 2. The first-order valence-electron chi connectivity index (χ1n) is 12.3. The van der Waals surface area contributed by atoms with Gasteiger partial charge in [-0.3, -0.25) is 10.1 Å². The van der Waals surface area contributed by atoms with E-state index in [4.69, 9.17) is 19.1 Å². The zero-order valence-corrected chi connectivity index (χ0v) is 19.6. The molecule has 1 aromatic carbocycles. The highest BCUT2D eigenvalue weighted by Gasteiger charge is 2.18. The van der Waals surface area contributed by atoms with Crippen molar-refractivity contribution >= 4 is 22.1 Å². The van der Waals surface area contributed by atoms with Gasteiger partial charge in [0.2, 0.25) is 0 Å². The Bertz CT molecular complexity index is 1660. The van der Waals surface area contributed by atoms with Crippen LogP contribution in [0.3, 0.4) is 0 Å². The number of aromatic amines is 2. The maximum atomic E-state index is 6.23. The molecule has 0 spiro atoms.